The summed E-state index contributed by atoms with van der Waals surface area (Å²) < 4.78 is 35.7. The summed E-state index contributed by atoms with van der Waals surface area (Å²) in [6.07, 6.45) is -5.51. The van der Waals surface area contributed by atoms with E-state index < -0.39 is 24.4 Å². The van der Waals surface area contributed by atoms with Gasteiger partial charge in [-0.15, -0.1) is 0 Å². The third-order valence-corrected chi connectivity index (χ3v) is 2.35. The van der Waals surface area contributed by atoms with Crippen molar-refractivity contribution in [2.45, 2.75) is 25.1 Å². The van der Waals surface area contributed by atoms with Crippen LogP contribution in [0, 0.1) is 5.92 Å². The maximum absolute atomic E-state index is 11.9. The lowest BCUT2D eigenvalue weighted by Gasteiger charge is -2.17. The molecule has 2 unspecified atom stereocenters. The van der Waals surface area contributed by atoms with Crippen LogP contribution >= 0.6 is 0 Å². The van der Waals surface area contributed by atoms with E-state index in [0.29, 0.717) is 0 Å². The van der Waals surface area contributed by atoms with Crippen molar-refractivity contribution in [2.24, 2.45) is 11.7 Å². The fourth-order valence-electron chi connectivity index (χ4n) is 1.43. The van der Waals surface area contributed by atoms with Crippen molar-refractivity contribution in [3.63, 3.8) is 0 Å². The minimum atomic E-state index is -4.84. The van der Waals surface area contributed by atoms with Gasteiger partial charge < -0.3 is 11.1 Å². The van der Waals surface area contributed by atoms with Crippen molar-refractivity contribution >= 4 is 11.7 Å². The van der Waals surface area contributed by atoms with Crippen molar-refractivity contribution in [2.75, 3.05) is 6.54 Å². The van der Waals surface area contributed by atoms with E-state index in [2.05, 4.69) is 5.32 Å². The van der Waals surface area contributed by atoms with E-state index in [-0.39, 0.29) is 24.8 Å². The predicted molar refractivity (Wildman–Crippen MR) is 44.8 cm³/mol. The number of hydrogen-bond donors (Lipinski definition) is 2. The molecule has 1 saturated heterocycles. The summed E-state index contributed by atoms with van der Waals surface area (Å²) in [5, 5.41) is 2.45. The lowest BCUT2D eigenvalue weighted by Crippen LogP contribution is -2.37. The van der Waals surface area contributed by atoms with Crippen LogP contribution in [0.3, 0.4) is 0 Å². The summed E-state index contributed by atoms with van der Waals surface area (Å²) in [6.45, 7) is 0.241. The molecule has 0 spiro atoms. The number of ketones is 1. The summed E-state index contributed by atoms with van der Waals surface area (Å²) in [7, 11) is 0. The van der Waals surface area contributed by atoms with E-state index in [1.165, 1.54) is 0 Å². The van der Waals surface area contributed by atoms with Crippen LogP contribution in [-0.2, 0) is 9.59 Å². The highest BCUT2D eigenvalue weighted by atomic mass is 19.4. The average molecular weight is 224 g/mol. The molecular formula is C8H11F3N2O2. The number of alkyl halides is 3. The van der Waals surface area contributed by atoms with Crippen LogP contribution in [0.1, 0.15) is 12.8 Å². The first-order chi connectivity index (χ1) is 6.80. The van der Waals surface area contributed by atoms with Gasteiger partial charge >= 0.3 is 6.18 Å². The molecule has 86 valence electrons. The summed E-state index contributed by atoms with van der Waals surface area (Å²) in [4.78, 5) is 21.4. The van der Waals surface area contributed by atoms with Crippen LogP contribution in [0.5, 0.6) is 0 Å². The number of hydrogen-bond acceptors (Lipinski definition) is 3. The zero-order chi connectivity index (χ0) is 11.6. The van der Waals surface area contributed by atoms with Gasteiger partial charge in [0.2, 0.25) is 11.7 Å². The largest absolute Gasteiger partial charge is 0.450 e. The Morgan fingerprint density at radius 2 is 2.20 bits per heavy atom. The molecule has 1 aliphatic rings. The Labute approximate surface area is 84.0 Å². The Morgan fingerprint density at radius 1 is 1.60 bits per heavy atom. The number of amides is 1. The monoisotopic (exact) mass is 224 g/mol. The van der Waals surface area contributed by atoms with Crippen molar-refractivity contribution in [1.82, 2.24) is 5.32 Å². The molecule has 1 aliphatic heterocycles. The first-order valence-electron chi connectivity index (χ1n) is 4.43. The quantitative estimate of drug-likeness (QED) is 0.707. The number of carbonyl (C=O) groups excluding carboxylic acids is 2. The van der Waals surface area contributed by atoms with E-state index in [1.807, 2.05) is 0 Å². The number of carbonyl (C=O) groups is 2. The van der Waals surface area contributed by atoms with E-state index in [0.717, 1.165) is 0 Å². The van der Waals surface area contributed by atoms with Gasteiger partial charge in [0.1, 0.15) is 0 Å². The van der Waals surface area contributed by atoms with Crippen molar-refractivity contribution in [3.8, 4) is 0 Å². The number of Topliss-reactive ketones (excluding diaryl/α,β-unsaturated/α-hetero) is 1. The topological polar surface area (TPSA) is 72.2 Å². The van der Waals surface area contributed by atoms with Gasteiger partial charge in [0, 0.05) is 31.3 Å². The maximum Gasteiger partial charge on any atom is 0.450 e. The highest BCUT2D eigenvalue weighted by Gasteiger charge is 2.40. The molecule has 7 heteroatoms. The Bertz CT molecular complexity index is 278. The van der Waals surface area contributed by atoms with Crippen LogP contribution in [0.15, 0.2) is 0 Å². The lowest BCUT2D eigenvalue weighted by molar-refractivity contribution is -0.171. The normalized spacial score (nSPS) is 23.7. The average Bonchev–Trinajstić information content (AvgIpc) is 2.50. The molecule has 0 aromatic rings. The molecule has 1 heterocycles. The first kappa shape index (κ1) is 12.0. The fourth-order valence-corrected chi connectivity index (χ4v) is 1.43. The standard InChI is InChI=1S/C8H11F3N2O2/c9-8(10,11)6(14)2-5(12)4-1-7(15)13-3-4/h4-5H,1-3,12H2,(H,13,15). The van der Waals surface area contributed by atoms with E-state index in [4.69, 9.17) is 5.73 Å². The molecule has 0 aliphatic carbocycles. The third-order valence-electron chi connectivity index (χ3n) is 2.35. The number of rotatable bonds is 3. The van der Waals surface area contributed by atoms with Gasteiger partial charge in [-0.05, 0) is 0 Å². The zero-order valence-electron chi connectivity index (χ0n) is 7.80. The highest BCUT2D eigenvalue weighted by Crippen LogP contribution is 2.22. The van der Waals surface area contributed by atoms with Crippen LogP contribution in [0.4, 0.5) is 13.2 Å². The van der Waals surface area contributed by atoms with E-state index in [1.54, 1.807) is 0 Å². The molecule has 3 N–H and O–H groups in total. The van der Waals surface area contributed by atoms with Crippen molar-refractivity contribution in [1.29, 1.82) is 0 Å². The van der Waals surface area contributed by atoms with E-state index in [9.17, 15) is 22.8 Å². The number of halogens is 3. The molecule has 4 nitrogen and oxygen atoms in total. The van der Waals surface area contributed by atoms with Gasteiger partial charge in [0.25, 0.3) is 0 Å². The van der Waals surface area contributed by atoms with Crippen LogP contribution in [0.2, 0.25) is 0 Å². The molecule has 1 fully saturated rings. The van der Waals surface area contributed by atoms with Crippen LogP contribution < -0.4 is 11.1 Å². The molecule has 1 rings (SSSR count). The summed E-state index contributed by atoms with van der Waals surface area (Å²) >= 11 is 0. The number of nitrogens with two attached hydrogens (primary N) is 1. The van der Waals surface area contributed by atoms with Crippen molar-refractivity contribution < 1.29 is 22.8 Å². The van der Waals surface area contributed by atoms with Gasteiger partial charge in [0.15, 0.2) is 0 Å². The Hall–Kier alpha value is -1.11. The van der Waals surface area contributed by atoms with E-state index >= 15 is 0 Å². The van der Waals surface area contributed by atoms with Gasteiger partial charge in [-0.3, -0.25) is 9.59 Å². The Balaban J connectivity index is 2.45. The second-order valence-corrected chi connectivity index (χ2v) is 3.56. The predicted octanol–water partition coefficient (Wildman–Crippen LogP) is -0.0287. The summed E-state index contributed by atoms with van der Waals surface area (Å²) in [5.41, 5.74) is 5.43. The smallest absolute Gasteiger partial charge is 0.356 e. The van der Waals surface area contributed by atoms with Gasteiger partial charge in [-0.2, -0.15) is 13.2 Å². The summed E-state index contributed by atoms with van der Waals surface area (Å²) in [6, 6.07) is -0.918. The molecule has 0 radical (unpaired) electrons. The second-order valence-electron chi connectivity index (χ2n) is 3.56. The van der Waals surface area contributed by atoms with Crippen molar-refractivity contribution in [3.05, 3.63) is 0 Å². The molecule has 2 atom stereocenters. The van der Waals surface area contributed by atoms with Crippen LogP contribution in [0.25, 0.3) is 0 Å². The van der Waals surface area contributed by atoms with Crippen LogP contribution in [-0.4, -0.2) is 30.5 Å². The molecule has 0 aromatic heterocycles. The van der Waals surface area contributed by atoms with Gasteiger partial charge in [0.05, 0.1) is 0 Å². The SMILES string of the molecule is NC(CC(=O)C(F)(F)F)C1CNC(=O)C1. The molecule has 15 heavy (non-hydrogen) atoms. The molecule has 0 bridgehead atoms. The molecule has 0 aromatic carbocycles. The second kappa shape index (κ2) is 4.18. The molecular weight excluding hydrogens is 213 g/mol. The zero-order valence-corrected chi connectivity index (χ0v) is 7.80. The number of nitrogens with one attached hydrogen (secondary N) is 1. The molecule has 0 saturated carbocycles. The minimum absolute atomic E-state index is 0.0896. The highest BCUT2D eigenvalue weighted by molar-refractivity contribution is 5.85. The Kier molecular flexibility index (Phi) is 3.33. The lowest BCUT2D eigenvalue weighted by atomic mass is 9.95. The maximum atomic E-state index is 11.9. The summed E-state index contributed by atoms with van der Waals surface area (Å²) in [5.74, 6) is -2.46. The third kappa shape index (κ3) is 3.19. The molecule has 1 amide bonds. The minimum Gasteiger partial charge on any atom is -0.356 e. The Morgan fingerprint density at radius 3 is 2.60 bits per heavy atom. The van der Waals surface area contributed by atoms with Gasteiger partial charge in [-0.25, -0.2) is 0 Å². The fraction of sp³-hybridized carbons (Fsp3) is 0.750. The first-order valence-corrected chi connectivity index (χ1v) is 4.43. The van der Waals surface area contributed by atoms with Gasteiger partial charge in [-0.1, -0.05) is 0 Å².